The van der Waals surface area contributed by atoms with Crippen LogP contribution in [0.15, 0.2) is 36.4 Å². The number of carbonyl (C=O) groups is 1. The summed E-state index contributed by atoms with van der Waals surface area (Å²) in [6.07, 6.45) is 12.5. The van der Waals surface area contributed by atoms with Crippen molar-refractivity contribution >= 4 is 5.91 Å². The third-order valence-electron chi connectivity index (χ3n) is 6.83. The van der Waals surface area contributed by atoms with E-state index in [-0.39, 0.29) is 11.3 Å². The van der Waals surface area contributed by atoms with E-state index in [4.69, 9.17) is 11.5 Å². The van der Waals surface area contributed by atoms with E-state index < -0.39 is 0 Å². The highest BCUT2D eigenvalue weighted by Gasteiger charge is 2.49. The second-order valence-electron chi connectivity index (χ2n) is 10.3. The number of fused-ring (bicyclic) bond motifs is 2. The van der Waals surface area contributed by atoms with Gasteiger partial charge in [0.2, 0.25) is 5.91 Å². The summed E-state index contributed by atoms with van der Waals surface area (Å²) in [4.78, 5) is 11.6. The highest BCUT2D eigenvalue weighted by Crippen LogP contribution is 2.56. The van der Waals surface area contributed by atoms with Gasteiger partial charge in [-0.3, -0.25) is 4.79 Å². The Morgan fingerprint density at radius 1 is 0.867 bits per heavy atom. The summed E-state index contributed by atoms with van der Waals surface area (Å²) in [5, 5.41) is 0. The van der Waals surface area contributed by atoms with Gasteiger partial charge in [-0.15, -0.1) is 0 Å². The molecular formula is C27H48N2O. The summed E-state index contributed by atoms with van der Waals surface area (Å²) in [5.74, 6) is 1.46. The lowest BCUT2D eigenvalue weighted by Gasteiger charge is -2.52. The van der Waals surface area contributed by atoms with Gasteiger partial charge in [0.05, 0.1) is 0 Å². The Bertz CT molecular complexity index is 553. The molecule has 0 radical (unpaired) electrons. The van der Waals surface area contributed by atoms with Gasteiger partial charge in [0, 0.05) is 11.5 Å². The third kappa shape index (κ3) is 9.20. The molecule has 2 bridgehead atoms. The zero-order chi connectivity index (χ0) is 22.6. The average Bonchev–Trinajstić information content (AvgIpc) is 2.70. The zero-order valence-corrected chi connectivity index (χ0v) is 20.3. The van der Waals surface area contributed by atoms with Crippen LogP contribution in [0.3, 0.4) is 0 Å². The highest BCUT2D eigenvalue weighted by molar-refractivity contribution is 5.80. The smallest absolute Gasteiger partial charge is 0.223 e. The van der Waals surface area contributed by atoms with Crippen LogP contribution in [0.5, 0.6) is 0 Å². The molecule has 3 aliphatic rings. The molecule has 4 atom stereocenters. The Morgan fingerprint density at radius 3 is 1.73 bits per heavy atom. The van der Waals surface area contributed by atoms with Crippen molar-refractivity contribution in [3.63, 3.8) is 0 Å². The van der Waals surface area contributed by atoms with Crippen molar-refractivity contribution in [2.24, 2.45) is 34.1 Å². The van der Waals surface area contributed by atoms with Crippen molar-refractivity contribution in [2.75, 3.05) is 0 Å². The van der Waals surface area contributed by atoms with Crippen LogP contribution in [0.4, 0.5) is 0 Å². The highest BCUT2D eigenvalue weighted by atomic mass is 16.1. The van der Waals surface area contributed by atoms with Gasteiger partial charge in [0.25, 0.3) is 0 Å². The number of benzene rings is 1. The van der Waals surface area contributed by atoms with Crippen LogP contribution in [-0.2, 0) is 4.79 Å². The lowest BCUT2D eigenvalue weighted by molar-refractivity contribution is -0.135. The molecule has 4 rings (SSSR count). The van der Waals surface area contributed by atoms with E-state index in [1.807, 2.05) is 50.2 Å². The van der Waals surface area contributed by atoms with Gasteiger partial charge in [0.15, 0.2) is 0 Å². The molecule has 30 heavy (non-hydrogen) atoms. The van der Waals surface area contributed by atoms with E-state index in [0.717, 1.165) is 24.7 Å². The van der Waals surface area contributed by atoms with Crippen LogP contribution < -0.4 is 11.5 Å². The van der Waals surface area contributed by atoms with Gasteiger partial charge >= 0.3 is 0 Å². The predicted molar refractivity (Wildman–Crippen MR) is 130 cm³/mol. The molecule has 172 valence electrons. The van der Waals surface area contributed by atoms with Gasteiger partial charge in [0.1, 0.15) is 0 Å². The van der Waals surface area contributed by atoms with E-state index >= 15 is 0 Å². The zero-order valence-electron chi connectivity index (χ0n) is 20.3. The minimum atomic E-state index is -0.238. The van der Waals surface area contributed by atoms with Crippen molar-refractivity contribution in [1.29, 1.82) is 0 Å². The van der Waals surface area contributed by atoms with Crippen LogP contribution in [-0.4, -0.2) is 11.9 Å². The second kappa shape index (κ2) is 13.1. The second-order valence-corrected chi connectivity index (χ2v) is 10.3. The monoisotopic (exact) mass is 416 g/mol. The molecule has 1 aromatic rings. The molecule has 3 saturated carbocycles. The fraction of sp³-hybridized carbons (Fsp3) is 0.741. The van der Waals surface area contributed by atoms with Crippen LogP contribution in [0.25, 0.3) is 0 Å². The van der Waals surface area contributed by atoms with Crippen LogP contribution in [0, 0.1) is 22.7 Å². The first-order valence-electron chi connectivity index (χ1n) is 12.3. The molecule has 0 aliphatic heterocycles. The summed E-state index contributed by atoms with van der Waals surface area (Å²) in [5.41, 5.74) is 11.3. The molecule has 3 fully saturated rings. The predicted octanol–water partition coefficient (Wildman–Crippen LogP) is 6.70. The lowest BCUT2D eigenvalue weighted by Crippen LogP contribution is -2.48. The topological polar surface area (TPSA) is 69.1 Å². The first-order valence-corrected chi connectivity index (χ1v) is 12.3. The Labute approximate surface area is 186 Å². The Kier molecular flexibility index (Phi) is 11.7. The summed E-state index contributed by atoms with van der Waals surface area (Å²) < 4.78 is 0. The van der Waals surface area contributed by atoms with Gasteiger partial charge < -0.3 is 11.5 Å². The summed E-state index contributed by atoms with van der Waals surface area (Å²) in [6.45, 7) is 10.8. The van der Waals surface area contributed by atoms with Gasteiger partial charge in [-0.05, 0) is 62.2 Å². The van der Waals surface area contributed by atoms with Crippen molar-refractivity contribution in [3.05, 3.63) is 36.4 Å². The largest absolute Gasteiger partial charge is 0.369 e. The molecule has 3 nitrogen and oxygen atoms in total. The molecule has 3 aliphatic carbocycles. The molecule has 0 heterocycles. The SMILES string of the molecule is CC.CC1CC2CC(C)(C1)CC(C)(C(N)=O)C2.NC1CCCCC1.c1ccccc1. The van der Waals surface area contributed by atoms with E-state index in [2.05, 4.69) is 20.8 Å². The quantitative estimate of drug-likeness (QED) is 0.534. The van der Waals surface area contributed by atoms with Crippen molar-refractivity contribution < 1.29 is 4.79 Å². The molecule has 0 saturated heterocycles. The van der Waals surface area contributed by atoms with Gasteiger partial charge in [-0.25, -0.2) is 0 Å². The first-order chi connectivity index (χ1) is 14.2. The Balaban J connectivity index is 0.000000249. The van der Waals surface area contributed by atoms with Gasteiger partial charge in [-0.1, -0.05) is 90.3 Å². The van der Waals surface area contributed by atoms with E-state index in [9.17, 15) is 4.79 Å². The van der Waals surface area contributed by atoms with Crippen molar-refractivity contribution in [1.82, 2.24) is 0 Å². The van der Waals surface area contributed by atoms with E-state index in [0.29, 0.717) is 11.5 Å². The number of carbonyl (C=O) groups excluding carboxylic acids is 1. The minimum absolute atomic E-state index is 0.0898. The molecule has 0 aromatic heterocycles. The first kappa shape index (κ1) is 26.7. The molecular weight excluding hydrogens is 368 g/mol. The van der Waals surface area contributed by atoms with E-state index in [1.165, 1.54) is 51.4 Å². The van der Waals surface area contributed by atoms with Crippen LogP contribution in [0.2, 0.25) is 0 Å². The van der Waals surface area contributed by atoms with Gasteiger partial charge in [-0.2, -0.15) is 0 Å². The average molecular weight is 417 g/mol. The normalized spacial score (nSPS) is 32.7. The molecule has 1 amide bonds. The number of rotatable bonds is 1. The molecule has 1 aromatic carbocycles. The standard InChI is InChI=1S/C13H23NO.C6H13N.C6H6.C2H6/c1-9-4-10-6-12(2,5-9)8-13(3,7-10)11(14)15;7-6-4-2-1-3-5-6;1-2-4-6-5-3-1;1-2/h9-10H,4-8H2,1-3H3,(H2,14,15);6H,1-5,7H2;1-6H;1-2H3. The fourth-order valence-electron chi connectivity index (χ4n) is 6.02. The molecule has 3 heteroatoms. The number of hydrogen-bond donors (Lipinski definition) is 2. The molecule has 4 N–H and O–H groups in total. The summed E-state index contributed by atoms with van der Waals surface area (Å²) in [6, 6.07) is 12.5. The Hall–Kier alpha value is -1.35. The third-order valence-corrected chi connectivity index (χ3v) is 6.83. The number of hydrogen-bond acceptors (Lipinski definition) is 2. The molecule has 4 unspecified atom stereocenters. The maximum Gasteiger partial charge on any atom is 0.223 e. The van der Waals surface area contributed by atoms with Crippen molar-refractivity contribution in [2.45, 2.75) is 105 Å². The Morgan fingerprint density at radius 2 is 1.37 bits per heavy atom. The number of amides is 1. The van der Waals surface area contributed by atoms with Crippen LogP contribution >= 0.6 is 0 Å². The summed E-state index contributed by atoms with van der Waals surface area (Å²) in [7, 11) is 0. The van der Waals surface area contributed by atoms with Crippen LogP contribution in [0.1, 0.15) is 98.8 Å². The lowest BCUT2D eigenvalue weighted by atomic mass is 9.53. The maximum absolute atomic E-state index is 11.6. The fourth-order valence-corrected chi connectivity index (χ4v) is 6.02. The van der Waals surface area contributed by atoms with Crippen molar-refractivity contribution in [3.8, 4) is 0 Å². The summed E-state index contributed by atoms with van der Waals surface area (Å²) >= 11 is 0. The number of nitrogens with two attached hydrogens (primary N) is 2. The maximum atomic E-state index is 11.6. The van der Waals surface area contributed by atoms with E-state index in [1.54, 1.807) is 0 Å². The number of primary amides is 1. The minimum Gasteiger partial charge on any atom is -0.369 e. The molecule has 0 spiro atoms.